The first-order valence-corrected chi connectivity index (χ1v) is 6.10. The van der Waals surface area contributed by atoms with Crippen LogP contribution in [0.3, 0.4) is 0 Å². The van der Waals surface area contributed by atoms with Crippen molar-refractivity contribution in [3.63, 3.8) is 0 Å². The fourth-order valence-electron chi connectivity index (χ4n) is 1.62. The summed E-state index contributed by atoms with van der Waals surface area (Å²) in [6.07, 6.45) is 0. The summed E-state index contributed by atoms with van der Waals surface area (Å²) in [5.41, 5.74) is -0.685. The molecule has 0 aromatic heterocycles. The lowest BCUT2D eigenvalue weighted by Gasteiger charge is -2.08. The lowest BCUT2D eigenvalue weighted by molar-refractivity contribution is -0.394. The van der Waals surface area contributed by atoms with Gasteiger partial charge in [-0.05, 0) is 24.3 Å². The Morgan fingerprint density at radius 1 is 1.05 bits per heavy atom. The van der Waals surface area contributed by atoms with Gasteiger partial charge in [-0.1, -0.05) is 11.6 Å². The van der Waals surface area contributed by atoms with Crippen LogP contribution in [0.25, 0.3) is 0 Å². The minimum absolute atomic E-state index is 0.0895. The molecule has 0 bridgehead atoms. The molecule has 0 spiro atoms. The lowest BCUT2D eigenvalue weighted by Crippen LogP contribution is -1.96. The molecule has 22 heavy (non-hydrogen) atoms. The highest BCUT2D eigenvalue weighted by molar-refractivity contribution is 6.32. The Hall–Kier alpha value is -3.18. The molecule has 0 fully saturated rings. The topological polar surface area (TPSA) is 119 Å². The van der Waals surface area contributed by atoms with Crippen LogP contribution in [0.1, 0.15) is 5.56 Å². The largest absolute Gasteiger partial charge is 0.449 e. The molecular formula is C13H6ClN3O5. The summed E-state index contributed by atoms with van der Waals surface area (Å²) in [6, 6.07) is 9.03. The predicted octanol–water partition coefficient (Wildman–Crippen LogP) is 3.82. The summed E-state index contributed by atoms with van der Waals surface area (Å²) in [4.78, 5) is 20.1. The minimum atomic E-state index is -0.792. The van der Waals surface area contributed by atoms with E-state index in [1.165, 1.54) is 18.2 Å². The molecule has 9 heteroatoms. The van der Waals surface area contributed by atoms with E-state index in [-0.39, 0.29) is 16.5 Å². The Kier molecular flexibility index (Phi) is 4.20. The van der Waals surface area contributed by atoms with Crippen molar-refractivity contribution in [2.75, 3.05) is 0 Å². The third-order valence-corrected chi connectivity index (χ3v) is 2.93. The van der Waals surface area contributed by atoms with Crippen molar-refractivity contribution in [1.82, 2.24) is 0 Å². The Morgan fingerprint density at radius 2 is 1.73 bits per heavy atom. The standard InChI is InChI=1S/C13H6ClN3O5/c14-10-5-8(7-15)1-3-12(10)22-13-4-2-9(16(18)19)6-11(13)17(20)21/h1-6H. The maximum atomic E-state index is 11.0. The van der Waals surface area contributed by atoms with Crippen LogP contribution in [0.2, 0.25) is 5.02 Å². The van der Waals surface area contributed by atoms with Gasteiger partial charge in [0.25, 0.3) is 5.69 Å². The second kappa shape index (κ2) is 6.07. The maximum Gasteiger partial charge on any atom is 0.318 e. The zero-order valence-electron chi connectivity index (χ0n) is 10.7. The Morgan fingerprint density at radius 3 is 2.27 bits per heavy atom. The number of non-ortho nitro benzene ring substituents is 1. The van der Waals surface area contributed by atoms with Crippen molar-refractivity contribution in [2.45, 2.75) is 0 Å². The van der Waals surface area contributed by atoms with Crippen molar-refractivity contribution in [3.8, 4) is 17.6 Å². The summed E-state index contributed by atoms with van der Waals surface area (Å²) >= 11 is 5.92. The zero-order valence-corrected chi connectivity index (χ0v) is 11.5. The molecule has 2 aromatic carbocycles. The van der Waals surface area contributed by atoms with Crippen LogP contribution in [0, 0.1) is 31.6 Å². The molecular weight excluding hydrogens is 314 g/mol. The SMILES string of the molecule is N#Cc1ccc(Oc2ccc([N+](=O)[O-])cc2[N+](=O)[O-])c(Cl)c1. The molecule has 0 atom stereocenters. The van der Waals surface area contributed by atoms with Gasteiger partial charge in [-0.2, -0.15) is 5.26 Å². The molecule has 0 heterocycles. The molecule has 0 unspecified atom stereocenters. The molecule has 0 aliphatic rings. The molecule has 110 valence electrons. The van der Waals surface area contributed by atoms with Crippen molar-refractivity contribution in [3.05, 3.63) is 67.2 Å². The second-order valence-corrected chi connectivity index (χ2v) is 4.43. The first-order chi connectivity index (χ1) is 10.4. The van der Waals surface area contributed by atoms with Gasteiger partial charge in [0.2, 0.25) is 5.75 Å². The van der Waals surface area contributed by atoms with E-state index >= 15 is 0 Å². The average Bonchev–Trinajstić information content (AvgIpc) is 2.49. The van der Waals surface area contributed by atoms with E-state index in [9.17, 15) is 20.2 Å². The Bertz CT molecular complexity index is 816. The number of hydrogen-bond donors (Lipinski definition) is 0. The highest BCUT2D eigenvalue weighted by atomic mass is 35.5. The van der Waals surface area contributed by atoms with E-state index in [0.717, 1.165) is 18.2 Å². The quantitative estimate of drug-likeness (QED) is 0.624. The van der Waals surface area contributed by atoms with E-state index in [4.69, 9.17) is 21.6 Å². The number of nitriles is 1. The summed E-state index contributed by atoms with van der Waals surface area (Å²) in [7, 11) is 0. The fraction of sp³-hybridized carbons (Fsp3) is 0. The number of hydrogen-bond acceptors (Lipinski definition) is 6. The Balaban J connectivity index is 2.43. The van der Waals surface area contributed by atoms with Crippen LogP contribution in [0.15, 0.2) is 36.4 Å². The van der Waals surface area contributed by atoms with Crippen LogP contribution in [0.5, 0.6) is 11.5 Å². The molecule has 0 amide bonds. The van der Waals surface area contributed by atoms with E-state index in [1.807, 2.05) is 6.07 Å². The van der Waals surface area contributed by atoms with Gasteiger partial charge in [-0.25, -0.2) is 0 Å². The van der Waals surface area contributed by atoms with Gasteiger partial charge in [0.05, 0.1) is 32.6 Å². The number of nitrogens with zero attached hydrogens (tertiary/aromatic N) is 3. The summed E-state index contributed by atoms with van der Waals surface area (Å²) in [5, 5.41) is 30.5. The number of halogens is 1. The second-order valence-electron chi connectivity index (χ2n) is 4.03. The van der Waals surface area contributed by atoms with Gasteiger partial charge < -0.3 is 4.74 Å². The molecule has 0 aliphatic heterocycles. The summed E-state index contributed by atoms with van der Waals surface area (Å²) < 4.78 is 5.33. The summed E-state index contributed by atoms with van der Waals surface area (Å²) in [5.74, 6) is -0.0974. The van der Waals surface area contributed by atoms with Crippen LogP contribution in [0.4, 0.5) is 11.4 Å². The molecule has 8 nitrogen and oxygen atoms in total. The Labute approximate surface area is 128 Å². The minimum Gasteiger partial charge on any atom is -0.449 e. The van der Waals surface area contributed by atoms with Crippen LogP contribution in [-0.4, -0.2) is 9.85 Å². The van der Waals surface area contributed by atoms with Crippen molar-refractivity contribution in [2.24, 2.45) is 0 Å². The van der Waals surface area contributed by atoms with E-state index in [0.29, 0.717) is 5.56 Å². The lowest BCUT2D eigenvalue weighted by atomic mass is 10.2. The maximum absolute atomic E-state index is 11.0. The molecule has 0 radical (unpaired) electrons. The van der Waals surface area contributed by atoms with Crippen molar-refractivity contribution < 1.29 is 14.6 Å². The molecule has 0 aliphatic carbocycles. The van der Waals surface area contributed by atoms with E-state index in [1.54, 1.807) is 0 Å². The first kappa shape index (κ1) is 15.2. The third-order valence-electron chi connectivity index (χ3n) is 2.63. The number of rotatable bonds is 4. The number of ether oxygens (including phenoxy) is 1. The van der Waals surface area contributed by atoms with Gasteiger partial charge in [-0.3, -0.25) is 20.2 Å². The smallest absolute Gasteiger partial charge is 0.318 e. The predicted molar refractivity (Wildman–Crippen MR) is 76.0 cm³/mol. The van der Waals surface area contributed by atoms with E-state index in [2.05, 4.69) is 0 Å². The van der Waals surface area contributed by atoms with Gasteiger partial charge in [0, 0.05) is 6.07 Å². The fourth-order valence-corrected chi connectivity index (χ4v) is 1.84. The molecule has 0 saturated carbocycles. The van der Waals surface area contributed by atoms with Crippen LogP contribution >= 0.6 is 11.6 Å². The normalized spacial score (nSPS) is 9.82. The van der Waals surface area contributed by atoms with E-state index < -0.39 is 21.2 Å². The third kappa shape index (κ3) is 3.11. The highest BCUT2D eigenvalue weighted by Gasteiger charge is 2.21. The van der Waals surface area contributed by atoms with Gasteiger partial charge >= 0.3 is 5.69 Å². The molecule has 0 N–H and O–H groups in total. The highest BCUT2D eigenvalue weighted by Crippen LogP contribution is 2.37. The van der Waals surface area contributed by atoms with Crippen LogP contribution in [-0.2, 0) is 0 Å². The zero-order chi connectivity index (χ0) is 16.3. The van der Waals surface area contributed by atoms with Gasteiger partial charge in [0.15, 0.2) is 0 Å². The number of benzene rings is 2. The van der Waals surface area contributed by atoms with Crippen LogP contribution < -0.4 is 4.74 Å². The average molecular weight is 320 g/mol. The van der Waals surface area contributed by atoms with Crippen molar-refractivity contribution >= 4 is 23.0 Å². The molecule has 0 saturated heterocycles. The number of nitro benzene ring substituents is 2. The monoisotopic (exact) mass is 319 g/mol. The van der Waals surface area contributed by atoms with Crippen molar-refractivity contribution in [1.29, 1.82) is 5.26 Å². The molecule has 2 aromatic rings. The number of nitro groups is 2. The first-order valence-electron chi connectivity index (χ1n) is 5.72. The summed E-state index contributed by atoms with van der Waals surface area (Å²) in [6.45, 7) is 0. The molecule has 2 rings (SSSR count). The van der Waals surface area contributed by atoms with Gasteiger partial charge in [-0.15, -0.1) is 0 Å². The van der Waals surface area contributed by atoms with Gasteiger partial charge in [0.1, 0.15) is 5.75 Å².